The van der Waals surface area contributed by atoms with Gasteiger partial charge in [-0.3, -0.25) is 14.4 Å². The van der Waals surface area contributed by atoms with E-state index in [4.69, 9.17) is 4.43 Å². The van der Waals surface area contributed by atoms with Crippen molar-refractivity contribution in [3.8, 4) is 0 Å². The van der Waals surface area contributed by atoms with Gasteiger partial charge in [0.15, 0.2) is 13.4 Å². The summed E-state index contributed by atoms with van der Waals surface area (Å²) >= 11 is 1.09. The molecular formula is C25H40N2O4SSi. The van der Waals surface area contributed by atoms with Crippen LogP contribution in [-0.4, -0.2) is 55.4 Å². The SMILES string of the molecule is CCN(CC)C(=O)c1ccccc1SC(=O)[C@H](C)[C@H]1NC(=O)[C@@H]1[C@@H](C)O[Si](C)(C)C(C)(C)C. The van der Waals surface area contributed by atoms with Gasteiger partial charge >= 0.3 is 0 Å². The molecular weight excluding hydrogens is 452 g/mol. The number of nitrogens with one attached hydrogen (secondary N) is 1. The molecule has 1 N–H and O–H groups in total. The van der Waals surface area contributed by atoms with E-state index < -0.39 is 14.2 Å². The molecule has 1 heterocycles. The molecule has 0 spiro atoms. The van der Waals surface area contributed by atoms with Crippen molar-refractivity contribution in [2.75, 3.05) is 13.1 Å². The number of hydrogen-bond donors (Lipinski definition) is 1. The van der Waals surface area contributed by atoms with Gasteiger partial charge < -0.3 is 14.6 Å². The van der Waals surface area contributed by atoms with E-state index in [9.17, 15) is 14.4 Å². The number of benzene rings is 1. The Labute approximate surface area is 204 Å². The maximum absolute atomic E-state index is 13.2. The first kappa shape index (κ1) is 27.6. The van der Waals surface area contributed by atoms with Crippen LogP contribution in [0.4, 0.5) is 0 Å². The number of nitrogens with zero attached hydrogens (tertiary/aromatic N) is 1. The van der Waals surface area contributed by atoms with Gasteiger partial charge in [0.05, 0.1) is 23.6 Å². The molecule has 8 heteroatoms. The number of rotatable bonds is 9. The van der Waals surface area contributed by atoms with Gasteiger partial charge in [0.25, 0.3) is 5.91 Å². The topological polar surface area (TPSA) is 75.7 Å². The Balaban J connectivity index is 2.15. The molecule has 0 bridgehead atoms. The third-order valence-corrected chi connectivity index (χ3v) is 12.8. The van der Waals surface area contributed by atoms with E-state index in [0.717, 1.165) is 11.8 Å². The average Bonchev–Trinajstić information content (AvgIpc) is 2.71. The van der Waals surface area contributed by atoms with E-state index in [1.807, 2.05) is 45.9 Å². The molecule has 6 nitrogen and oxygen atoms in total. The van der Waals surface area contributed by atoms with Gasteiger partial charge in [-0.1, -0.05) is 51.6 Å². The van der Waals surface area contributed by atoms with E-state index in [1.165, 1.54) is 0 Å². The van der Waals surface area contributed by atoms with Crippen molar-refractivity contribution in [1.29, 1.82) is 0 Å². The zero-order chi connectivity index (χ0) is 25.1. The predicted molar refractivity (Wildman–Crippen MR) is 137 cm³/mol. The summed E-state index contributed by atoms with van der Waals surface area (Å²) in [4.78, 5) is 41.0. The minimum absolute atomic E-state index is 0.0371. The fourth-order valence-corrected chi connectivity index (χ4v) is 6.23. The monoisotopic (exact) mass is 492 g/mol. The Morgan fingerprint density at radius 2 is 1.73 bits per heavy atom. The summed E-state index contributed by atoms with van der Waals surface area (Å²) in [5.74, 6) is -0.895. The second-order valence-electron chi connectivity index (χ2n) is 10.3. The molecule has 1 aromatic rings. The molecule has 33 heavy (non-hydrogen) atoms. The molecule has 184 valence electrons. The van der Waals surface area contributed by atoms with E-state index >= 15 is 0 Å². The van der Waals surface area contributed by atoms with Crippen LogP contribution in [0.1, 0.15) is 58.8 Å². The van der Waals surface area contributed by atoms with Crippen molar-refractivity contribution in [3.05, 3.63) is 29.8 Å². The fourth-order valence-electron chi connectivity index (χ4n) is 3.83. The molecule has 0 aliphatic carbocycles. The number of thioether (sulfide) groups is 1. The molecule has 4 atom stereocenters. The lowest BCUT2D eigenvalue weighted by atomic mass is 9.79. The summed E-state index contributed by atoms with van der Waals surface area (Å²) in [6.07, 6.45) is -0.263. The van der Waals surface area contributed by atoms with Gasteiger partial charge in [-0.15, -0.1) is 0 Å². The van der Waals surface area contributed by atoms with E-state index in [-0.39, 0.29) is 40.0 Å². The van der Waals surface area contributed by atoms with Crippen LogP contribution in [0.15, 0.2) is 29.2 Å². The standard InChI is InChI=1S/C25H40N2O4SSi/c1-10-27(11-2)23(29)18-14-12-13-15-19(18)32-24(30)16(3)21-20(22(28)26-21)17(4)31-33(8,9)25(5,6)7/h12-17,20-21H,10-11H2,1-9H3,(H,26,28)/t16-,17-,20-,21-/m1/s1. The molecule has 0 unspecified atom stereocenters. The molecule has 0 aromatic heterocycles. The maximum Gasteiger partial charge on any atom is 0.254 e. The van der Waals surface area contributed by atoms with Crippen molar-refractivity contribution < 1.29 is 18.8 Å². The van der Waals surface area contributed by atoms with Crippen LogP contribution in [0.25, 0.3) is 0 Å². The Morgan fingerprint density at radius 1 is 1.15 bits per heavy atom. The first-order valence-electron chi connectivity index (χ1n) is 11.8. The number of carbonyl (C=O) groups excluding carboxylic acids is 3. The molecule has 2 amide bonds. The quantitative estimate of drug-likeness (QED) is 0.300. The summed E-state index contributed by atoms with van der Waals surface area (Å²) in [5.41, 5.74) is 0.538. The number of β-lactam (4-membered cyclic amide) rings is 1. The Bertz CT molecular complexity index is 879. The number of amides is 2. The van der Waals surface area contributed by atoms with Gasteiger partial charge in [-0.2, -0.15) is 0 Å². The molecule has 1 aliphatic heterocycles. The minimum atomic E-state index is -2.05. The Hall–Kier alpha value is -1.64. The van der Waals surface area contributed by atoms with Crippen LogP contribution in [-0.2, 0) is 14.0 Å². The lowest BCUT2D eigenvalue weighted by Crippen LogP contribution is -2.66. The van der Waals surface area contributed by atoms with Gasteiger partial charge in [0.1, 0.15) is 0 Å². The highest BCUT2D eigenvalue weighted by atomic mass is 32.2. The number of hydrogen-bond acceptors (Lipinski definition) is 5. The normalized spacial score (nSPS) is 20.5. The minimum Gasteiger partial charge on any atom is -0.413 e. The molecule has 1 fully saturated rings. The summed E-state index contributed by atoms with van der Waals surface area (Å²) in [6, 6.07) is 6.96. The van der Waals surface area contributed by atoms with Crippen molar-refractivity contribution in [2.24, 2.45) is 11.8 Å². The Morgan fingerprint density at radius 3 is 2.24 bits per heavy atom. The second-order valence-corrected chi connectivity index (χ2v) is 16.1. The Kier molecular flexibility index (Phi) is 8.98. The van der Waals surface area contributed by atoms with Gasteiger partial charge in [-0.05, 0) is 51.0 Å². The summed E-state index contributed by atoms with van der Waals surface area (Å²) < 4.78 is 6.47. The fraction of sp³-hybridized carbons (Fsp3) is 0.640. The van der Waals surface area contributed by atoms with Crippen molar-refractivity contribution >= 4 is 37.0 Å². The van der Waals surface area contributed by atoms with Gasteiger partial charge in [0.2, 0.25) is 5.91 Å². The summed E-state index contributed by atoms with van der Waals surface area (Å²) in [5, 5.41) is 2.90. The predicted octanol–water partition coefficient (Wildman–Crippen LogP) is 4.95. The van der Waals surface area contributed by atoms with Crippen LogP contribution in [0.2, 0.25) is 18.1 Å². The highest BCUT2D eigenvalue weighted by molar-refractivity contribution is 8.13. The summed E-state index contributed by atoms with van der Waals surface area (Å²) in [7, 11) is -2.05. The third-order valence-electron chi connectivity index (χ3n) is 7.08. The first-order chi connectivity index (χ1) is 15.2. The van der Waals surface area contributed by atoms with E-state index in [1.54, 1.807) is 11.0 Å². The van der Waals surface area contributed by atoms with Crippen molar-refractivity contribution in [2.45, 2.75) is 83.6 Å². The van der Waals surface area contributed by atoms with Crippen molar-refractivity contribution in [1.82, 2.24) is 10.2 Å². The van der Waals surface area contributed by atoms with Crippen molar-refractivity contribution in [3.63, 3.8) is 0 Å². The molecule has 0 saturated carbocycles. The molecule has 1 aliphatic rings. The lowest BCUT2D eigenvalue weighted by molar-refractivity contribution is -0.143. The zero-order valence-electron chi connectivity index (χ0n) is 21.5. The van der Waals surface area contributed by atoms with E-state index in [2.05, 4.69) is 39.2 Å². The smallest absolute Gasteiger partial charge is 0.254 e. The average molecular weight is 493 g/mol. The second kappa shape index (κ2) is 10.7. The lowest BCUT2D eigenvalue weighted by Gasteiger charge is -2.46. The van der Waals surface area contributed by atoms with Crippen LogP contribution < -0.4 is 5.32 Å². The van der Waals surface area contributed by atoms with Crippen LogP contribution in [0.5, 0.6) is 0 Å². The highest BCUT2D eigenvalue weighted by Crippen LogP contribution is 2.40. The van der Waals surface area contributed by atoms with Gasteiger partial charge in [-0.25, -0.2) is 0 Å². The van der Waals surface area contributed by atoms with Crippen LogP contribution in [0.3, 0.4) is 0 Å². The summed E-state index contributed by atoms with van der Waals surface area (Å²) in [6.45, 7) is 19.7. The van der Waals surface area contributed by atoms with Crippen LogP contribution in [0, 0.1) is 11.8 Å². The van der Waals surface area contributed by atoms with Gasteiger partial charge in [0, 0.05) is 23.9 Å². The largest absolute Gasteiger partial charge is 0.413 e. The molecule has 2 rings (SSSR count). The third kappa shape index (κ3) is 6.08. The zero-order valence-corrected chi connectivity index (χ0v) is 23.3. The first-order valence-corrected chi connectivity index (χ1v) is 15.6. The molecule has 1 aromatic carbocycles. The maximum atomic E-state index is 13.2. The highest BCUT2D eigenvalue weighted by Gasteiger charge is 2.50. The van der Waals surface area contributed by atoms with Crippen LogP contribution >= 0.6 is 11.8 Å². The molecule has 1 saturated heterocycles. The van der Waals surface area contributed by atoms with E-state index in [0.29, 0.717) is 23.5 Å². The molecule has 0 radical (unpaired) electrons. The number of carbonyl (C=O) groups is 3.